The van der Waals surface area contributed by atoms with Crippen LogP contribution in [-0.2, 0) is 14.3 Å². The van der Waals surface area contributed by atoms with Crippen molar-refractivity contribution in [3.05, 3.63) is 94.0 Å². The molecule has 0 spiro atoms. The van der Waals surface area contributed by atoms with Gasteiger partial charge in [-0.3, -0.25) is 14.9 Å². The third-order valence-electron chi connectivity index (χ3n) is 4.75. The van der Waals surface area contributed by atoms with E-state index in [0.717, 1.165) is 6.07 Å². The van der Waals surface area contributed by atoms with Gasteiger partial charge in [-0.1, -0.05) is 48.5 Å². The number of nitrogens with zero attached hydrogens (tertiary/aromatic N) is 1. The smallest absolute Gasteiger partial charge is 0.339 e. The molecule has 0 fully saturated rings. The molecular weight excluding hydrogens is 440 g/mol. The zero-order valence-electron chi connectivity index (χ0n) is 18.5. The number of hydrogen-bond donors (Lipinski definition) is 1. The quantitative estimate of drug-likeness (QED) is 0.165. The van der Waals surface area contributed by atoms with Crippen LogP contribution in [0.15, 0.2) is 72.8 Å². The van der Waals surface area contributed by atoms with Gasteiger partial charge >= 0.3 is 5.97 Å². The number of benzene rings is 3. The van der Waals surface area contributed by atoms with Crippen molar-refractivity contribution < 1.29 is 28.7 Å². The maximum absolute atomic E-state index is 12.9. The topological polar surface area (TPSA) is 117 Å². The summed E-state index contributed by atoms with van der Waals surface area (Å²) in [6, 6.07) is 19.8. The van der Waals surface area contributed by atoms with Gasteiger partial charge in [-0.25, -0.2) is 4.79 Å². The fourth-order valence-corrected chi connectivity index (χ4v) is 3.12. The predicted molar refractivity (Wildman–Crippen MR) is 127 cm³/mol. The van der Waals surface area contributed by atoms with Gasteiger partial charge in [-0.15, -0.1) is 0 Å². The van der Waals surface area contributed by atoms with Crippen molar-refractivity contribution in [3.63, 3.8) is 0 Å². The van der Waals surface area contributed by atoms with Crippen LogP contribution >= 0.6 is 0 Å². The molecule has 9 heteroatoms. The van der Waals surface area contributed by atoms with Crippen LogP contribution < -0.4 is 14.8 Å². The fraction of sp³-hybridized carbons (Fsp3) is 0.120. The molecule has 1 amide bonds. The lowest BCUT2D eigenvalue weighted by molar-refractivity contribution is -0.384. The molecule has 0 atom stereocenters. The van der Waals surface area contributed by atoms with E-state index in [2.05, 4.69) is 5.32 Å². The molecule has 0 radical (unpaired) electrons. The third kappa shape index (κ3) is 5.98. The first-order valence-corrected chi connectivity index (χ1v) is 10.1. The van der Waals surface area contributed by atoms with Crippen molar-refractivity contribution in [2.24, 2.45) is 0 Å². The lowest BCUT2D eigenvalue weighted by Crippen LogP contribution is -2.21. The molecule has 0 saturated carbocycles. The summed E-state index contributed by atoms with van der Waals surface area (Å²) in [5.41, 5.74) is 1.35. The van der Waals surface area contributed by atoms with Crippen molar-refractivity contribution >= 4 is 34.9 Å². The number of esters is 1. The molecule has 0 aromatic heterocycles. The Balaban J connectivity index is 1.79. The van der Waals surface area contributed by atoms with Crippen molar-refractivity contribution in [1.29, 1.82) is 0 Å². The first-order valence-electron chi connectivity index (χ1n) is 10.1. The summed E-state index contributed by atoms with van der Waals surface area (Å²) in [6.45, 7) is -0.610. The number of nitrogens with one attached hydrogen (secondary N) is 1. The van der Waals surface area contributed by atoms with E-state index in [1.165, 1.54) is 26.4 Å². The second-order valence-corrected chi connectivity index (χ2v) is 6.93. The Bertz CT molecular complexity index is 1220. The molecule has 0 saturated heterocycles. The molecule has 3 rings (SSSR count). The fourth-order valence-electron chi connectivity index (χ4n) is 3.12. The van der Waals surface area contributed by atoms with Gasteiger partial charge in [0, 0.05) is 17.7 Å². The number of amides is 1. The van der Waals surface area contributed by atoms with E-state index in [9.17, 15) is 19.7 Å². The molecule has 9 nitrogen and oxygen atoms in total. The zero-order chi connectivity index (χ0) is 24.5. The summed E-state index contributed by atoms with van der Waals surface area (Å²) in [7, 11) is 2.89. The number of hydrogen-bond acceptors (Lipinski definition) is 7. The van der Waals surface area contributed by atoms with Crippen LogP contribution in [0, 0.1) is 10.1 Å². The highest BCUT2D eigenvalue weighted by Gasteiger charge is 2.18. The van der Waals surface area contributed by atoms with Crippen LogP contribution in [0.1, 0.15) is 11.1 Å². The van der Waals surface area contributed by atoms with E-state index in [1.54, 1.807) is 42.5 Å². The molecule has 0 aliphatic carbocycles. The molecule has 174 valence electrons. The first kappa shape index (κ1) is 24.0. The SMILES string of the molecule is COc1ccccc1/C=C(\C(=O)OCC(=O)Nc1cc([N+](=O)[O-])ccc1OC)c1ccccc1. The Kier molecular flexibility index (Phi) is 7.96. The third-order valence-corrected chi connectivity index (χ3v) is 4.75. The molecule has 3 aromatic carbocycles. The van der Waals surface area contributed by atoms with E-state index >= 15 is 0 Å². The molecule has 3 aromatic rings. The van der Waals surface area contributed by atoms with E-state index in [1.807, 2.05) is 18.2 Å². The maximum atomic E-state index is 12.9. The van der Waals surface area contributed by atoms with Crippen LogP contribution in [0.5, 0.6) is 11.5 Å². The van der Waals surface area contributed by atoms with Gasteiger partial charge in [-0.05, 0) is 23.8 Å². The number of nitro groups is 1. The Morgan fingerprint density at radius 2 is 1.62 bits per heavy atom. The highest BCUT2D eigenvalue weighted by atomic mass is 16.6. The predicted octanol–water partition coefficient (Wildman–Crippen LogP) is 4.33. The number of carbonyl (C=O) groups is 2. The Morgan fingerprint density at radius 3 is 2.29 bits per heavy atom. The summed E-state index contributed by atoms with van der Waals surface area (Å²) in [5, 5.41) is 13.5. The van der Waals surface area contributed by atoms with Gasteiger partial charge in [0.05, 0.1) is 30.4 Å². The Hall–Kier alpha value is -4.66. The van der Waals surface area contributed by atoms with E-state index in [-0.39, 0.29) is 22.7 Å². The normalized spacial score (nSPS) is 10.8. The lowest BCUT2D eigenvalue weighted by atomic mass is 10.0. The number of ether oxygens (including phenoxy) is 3. The van der Waals surface area contributed by atoms with Crippen LogP contribution in [0.3, 0.4) is 0 Å². The van der Waals surface area contributed by atoms with E-state index in [4.69, 9.17) is 14.2 Å². The summed E-state index contributed by atoms with van der Waals surface area (Å²) in [6.07, 6.45) is 1.62. The Labute approximate surface area is 195 Å². The molecule has 0 heterocycles. The monoisotopic (exact) mass is 462 g/mol. The van der Waals surface area contributed by atoms with E-state index < -0.39 is 23.4 Å². The van der Waals surface area contributed by atoms with Crippen molar-refractivity contribution in [2.45, 2.75) is 0 Å². The number of carbonyl (C=O) groups excluding carboxylic acids is 2. The standard InChI is InChI=1S/C25H22N2O7/c1-32-22-11-7-6-10-18(22)14-20(17-8-4-3-5-9-17)25(29)34-16-24(28)26-21-15-19(27(30)31)12-13-23(21)33-2/h3-15H,16H2,1-2H3,(H,26,28)/b20-14-. The molecule has 1 N–H and O–H groups in total. The number of nitro benzene ring substituents is 1. The summed E-state index contributed by atoms with van der Waals surface area (Å²) < 4.78 is 15.7. The van der Waals surface area contributed by atoms with Gasteiger partial charge in [0.25, 0.3) is 11.6 Å². The largest absolute Gasteiger partial charge is 0.496 e. The van der Waals surface area contributed by atoms with Gasteiger partial charge in [0.1, 0.15) is 11.5 Å². The Morgan fingerprint density at radius 1 is 0.941 bits per heavy atom. The van der Waals surface area contributed by atoms with Crippen molar-refractivity contribution in [3.8, 4) is 11.5 Å². The average Bonchev–Trinajstić information content (AvgIpc) is 2.86. The van der Waals surface area contributed by atoms with Crippen LogP contribution in [0.2, 0.25) is 0 Å². The van der Waals surface area contributed by atoms with Gasteiger partial charge in [0.2, 0.25) is 0 Å². The maximum Gasteiger partial charge on any atom is 0.339 e. The second kappa shape index (κ2) is 11.3. The van der Waals surface area contributed by atoms with Crippen molar-refractivity contribution in [1.82, 2.24) is 0 Å². The van der Waals surface area contributed by atoms with E-state index in [0.29, 0.717) is 16.9 Å². The minimum Gasteiger partial charge on any atom is -0.496 e. The summed E-state index contributed by atoms with van der Waals surface area (Å²) >= 11 is 0. The van der Waals surface area contributed by atoms with Gasteiger partial charge in [-0.2, -0.15) is 0 Å². The van der Waals surface area contributed by atoms with Crippen LogP contribution in [0.4, 0.5) is 11.4 Å². The summed E-state index contributed by atoms with van der Waals surface area (Å²) in [4.78, 5) is 35.8. The number of anilines is 1. The molecular formula is C25H22N2O7. The number of para-hydroxylation sites is 1. The number of methoxy groups -OCH3 is 2. The highest BCUT2D eigenvalue weighted by Crippen LogP contribution is 2.29. The van der Waals surface area contributed by atoms with Crippen molar-refractivity contribution in [2.75, 3.05) is 26.1 Å². The van der Waals surface area contributed by atoms with Gasteiger partial charge in [0.15, 0.2) is 6.61 Å². The van der Waals surface area contributed by atoms with Crippen LogP contribution in [0.25, 0.3) is 11.6 Å². The number of non-ortho nitro benzene ring substituents is 1. The molecule has 0 aliphatic rings. The highest BCUT2D eigenvalue weighted by molar-refractivity contribution is 6.22. The summed E-state index contributed by atoms with van der Waals surface area (Å²) in [5.74, 6) is -0.610. The van der Waals surface area contributed by atoms with Crippen LogP contribution in [-0.4, -0.2) is 37.6 Å². The molecule has 0 unspecified atom stereocenters. The first-order chi connectivity index (χ1) is 16.4. The van der Waals surface area contributed by atoms with Gasteiger partial charge < -0.3 is 19.5 Å². The lowest BCUT2D eigenvalue weighted by Gasteiger charge is -2.12. The minimum atomic E-state index is -0.724. The number of rotatable bonds is 9. The molecule has 0 bridgehead atoms. The molecule has 0 aliphatic heterocycles. The second-order valence-electron chi connectivity index (χ2n) is 6.93. The zero-order valence-corrected chi connectivity index (χ0v) is 18.5. The molecule has 34 heavy (non-hydrogen) atoms. The average molecular weight is 462 g/mol. The minimum absolute atomic E-state index is 0.0885.